The number of likely N-dealkylation sites (N-methyl/N-ethyl adjacent to an activating group) is 1. The first kappa shape index (κ1) is 10.9. The van der Waals surface area contributed by atoms with Crippen LogP contribution in [-0.4, -0.2) is 30.7 Å². The van der Waals surface area contributed by atoms with Gasteiger partial charge in [0.15, 0.2) is 0 Å². The van der Waals surface area contributed by atoms with Gasteiger partial charge in [0.05, 0.1) is 0 Å². The van der Waals surface area contributed by atoms with Crippen molar-refractivity contribution in [3.05, 3.63) is 24.0 Å². The Kier molecular flexibility index (Phi) is 3.37. The molecule has 0 aliphatic carbocycles. The van der Waals surface area contributed by atoms with Crippen LogP contribution >= 0.6 is 0 Å². The van der Waals surface area contributed by atoms with Gasteiger partial charge in [0.2, 0.25) is 0 Å². The molecule has 0 spiro atoms. The van der Waals surface area contributed by atoms with E-state index < -0.39 is 0 Å². The van der Waals surface area contributed by atoms with E-state index in [2.05, 4.69) is 28.2 Å². The second-order valence-corrected chi connectivity index (χ2v) is 3.94. The summed E-state index contributed by atoms with van der Waals surface area (Å²) in [5.74, 6) is 0. The molecule has 4 heteroatoms. The molecule has 2 rings (SSSR count). The summed E-state index contributed by atoms with van der Waals surface area (Å²) in [6.07, 6.45) is 2.87. The molecule has 1 saturated heterocycles. The molecule has 1 fully saturated rings. The number of hydrogen-bond donors (Lipinski definition) is 1. The van der Waals surface area contributed by atoms with Crippen LogP contribution in [0.25, 0.3) is 0 Å². The summed E-state index contributed by atoms with van der Waals surface area (Å²) < 4.78 is 0. The Bertz CT molecular complexity index is 390. The molecule has 1 aliphatic heterocycles. The fourth-order valence-corrected chi connectivity index (χ4v) is 2.22. The number of pyridine rings is 1. The molecule has 2 heterocycles. The highest BCUT2D eigenvalue weighted by molar-refractivity contribution is 5.49. The third-order valence-electron chi connectivity index (χ3n) is 3.01. The van der Waals surface area contributed by atoms with Gasteiger partial charge < -0.3 is 10.2 Å². The SMILES string of the molecule is CCN(c1ccnc(C#N)c1)C1CCNC1. The van der Waals surface area contributed by atoms with Crippen LogP contribution in [0.4, 0.5) is 5.69 Å². The molecular formula is C12H16N4. The summed E-state index contributed by atoms with van der Waals surface area (Å²) in [4.78, 5) is 6.33. The normalized spacial score (nSPS) is 19.4. The lowest BCUT2D eigenvalue weighted by Crippen LogP contribution is -2.36. The lowest BCUT2D eigenvalue weighted by atomic mass is 10.2. The maximum absolute atomic E-state index is 8.84. The van der Waals surface area contributed by atoms with E-state index in [1.54, 1.807) is 6.20 Å². The van der Waals surface area contributed by atoms with E-state index in [-0.39, 0.29) is 0 Å². The lowest BCUT2D eigenvalue weighted by Gasteiger charge is -2.29. The van der Waals surface area contributed by atoms with Gasteiger partial charge in [-0.15, -0.1) is 0 Å². The van der Waals surface area contributed by atoms with Crippen LogP contribution in [0.5, 0.6) is 0 Å². The third-order valence-corrected chi connectivity index (χ3v) is 3.01. The second-order valence-electron chi connectivity index (χ2n) is 3.94. The maximum atomic E-state index is 8.84. The van der Waals surface area contributed by atoms with Crippen LogP contribution in [0.15, 0.2) is 18.3 Å². The largest absolute Gasteiger partial charge is 0.367 e. The van der Waals surface area contributed by atoms with Crippen LogP contribution in [-0.2, 0) is 0 Å². The Morgan fingerprint density at radius 2 is 2.56 bits per heavy atom. The van der Waals surface area contributed by atoms with Crippen molar-refractivity contribution < 1.29 is 0 Å². The summed E-state index contributed by atoms with van der Waals surface area (Å²) in [7, 11) is 0. The fraction of sp³-hybridized carbons (Fsp3) is 0.500. The van der Waals surface area contributed by atoms with Crippen molar-refractivity contribution in [1.82, 2.24) is 10.3 Å². The number of aromatic nitrogens is 1. The van der Waals surface area contributed by atoms with E-state index in [1.165, 1.54) is 0 Å². The van der Waals surface area contributed by atoms with Gasteiger partial charge in [-0.25, -0.2) is 4.98 Å². The molecule has 0 bridgehead atoms. The number of hydrogen-bond acceptors (Lipinski definition) is 4. The van der Waals surface area contributed by atoms with Gasteiger partial charge in [-0.05, 0) is 32.0 Å². The van der Waals surface area contributed by atoms with Gasteiger partial charge in [0.25, 0.3) is 0 Å². The first-order valence-electron chi connectivity index (χ1n) is 5.68. The number of nitrogens with zero attached hydrogens (tertiary/aromatic N) is 3. The van der Waals surface area contributed by atoms with Gasteiger partial charge in [-0.2, -0.15) is 5.26 Å². The van der Waals surface area contributed by atoms with Crippen LogP contribution in [0.2, 0.25) is 0 Å². The smallest absolute Gasteiger partial charge is 0.142 e. The minimum absolute atomic E-state index is 0.488. The zero-order valence-corrected chi connectivity index (χ0v) is 9.48. The van der Waals surface area contributed by atoms with Crippen molar-refractivity contribution in [3.63, 3.8) is 0 Å². The number of anilines is 1. The molecule has 0 radical (unpaired) electrons. The Morgan fingerprint density at radius 3 is 3.19 bits per heavy atom. The molecule has 0 saturated carbocycles. The molecular weight excluding hydrogens is 200 g/mol. The Balaban J connectivity index is 2.22. The molecule has 1 unspecified atom stereocenters. The van der Waals surface area contributed by atoms with E-state index in [1.807, 2.05) is 12.1 Å². The second kappa shape index (κ2) is 4.95. The highest BCUT2D eigenvalue weighted by atomic mass is 15.2. The summed E-state index contributed by atoms with van der Waals surface area (Å²) in [6, 6.07) is 6.46. The van der Waals surface area contributed by atoms with E-state index in [9.17, 15) is 0 Å². The van der Waals surface area contributed by atoms with Gasteiger partial charge >= 0.3 is 0 Å². The molecule has 0 amide bonds. The molecule has 1 aromatic heterocycles. The monoisotopic (exact) mass is 216 g/mol. The van der Waals surface area contributed by atoms with Crippen molar-refractivity contribution in [2.75, 3.05) is 24.5 Å². The summed E-state index contributed by atoms with van der Waals surface area (Å²) in [6.45, 7) is 5.21. The number of rotatable bonds is 3. The molecule has 1 aromatic rings. The van der Waals surface area contributed by atoms with Crippen LogP contribution in [0, 0.1) is 11.3 Å². The van der Waals surface area contributed by atoms with Gasteiger partial charge in [0.1, 0.15) is 11.8 Å². The number of nitrogens with one attached hydrogen (secondary N) is 1. The maximum Gasteiger partial charge on any atom is 0.142 e. The average Bonchev–Trinajstić information content (AvgIpc) is 2.84. The molecule has 1 aliphatic rings. The van der Waals surface area contributed by atoms with Crippen molar-refractivity contribution in [3.8, 4) is 6.07 Å². The standard InChI is InChI=1S/C12H16N4/c1-2-16(12-3-5-14-9-12)11-4-6-15-10(7-11)8-13/h4,6-7,12,14H,2-3,5,9H2,1H3. The highest BCUT2D eigenvalue weighted by Crippen LogP contribution is 2.19. The van der Waals surface area contributed by atoms with E-state index in [0.29, 0.717) is 11.7 Å². The Hall–Kier alpha value is -1.60. The van der Waals surface area contributed by atoms with Crippen LogP contribution in [0.1, 0.15) is 19.0 Å². The molecule has 1 N–H and O–H groups in total. The zero-order valence-electron chi connectivity index (χ0n) is 9.48. The molecule has 0 aromatic carbocycles. The molecule has 1 atom stereocenters. The predicted octanol–water partition coefficient (Wildman–Crippen LogP) is 1.14. The minimum Gasteiger partial charge on any atom is -0.367 e. The topological polar surface area (TPSA) is 52.0 Å². The predicted molar refractivity (Wildman–Crippen MR) is 63.2 cm³/mol. The first-order chi connectivity index (χ1) is 7.85. The average molecular weight is 216 g/mol. The first-order valence-corrected chi connectivity index (χ1v) is 5.68. The van der Waals surface area contributed by atoms with E-state index in [4.69, 9.17) is 5.26 Å². The van der Waals surface area contributed by atoms with Crippen molar-refractivity contribution in [2.45, 2.75) is 19.4 Å². The lowest BCUT2D eigenvalue weighted by molar-refractivity contribution is 0.647. The van der Waals surface area contributed by atoms with E-state index in [0.717, 1.165) is 31.7 Å². The highest BCUT2D eigenvalue weighted by Gasteiger charge is 2.21. The number of nitriles is 1. The molecule has 84 valence electrons. The zero-order chi connectivity index (χ0) is 11.4. The Morgan fingerprint density at radius 1 is 1.69 bits per heavy atom. The molecule has 16 heavy (non-hydrogen) atoms. The van der Waals surface area contributed by atoms with Gasteiger partial charge in [0, 0.05) is 31.0 Å². The quantitative estimate of drug-likeness (QED) is 0.823. The fourth-order valence-electron chi connectivity index (χ4n) is 2.22. The van der Waals surface area contributed by atoms with Crippen molar-refractivity contribution in [1.29, 1.82) is 5.26 Å². The minimum atomic E-state index is 0.488. The summed E-state index contributed by atoms with van der Waals surface area (Å²) >= 11 is 0. The molecule has 4 nitrogen and oxygen atoms in total. The van der Waals surface area contributed by atoms with Gasteiger partial charge in [-0.3, -0.25) is 0 Å². The van der Waals surface area contributed by atoms with Crippen LogP contribution < -0.4 is 10.2 Å². The van der Waals surface area contributed by atoms with E-state index >= 15 is 0 Å². The van der Waals surface area contributed by atoms with Crippen LogP contribution in [0.3, 0.4) is 0 Å². The van der Waals surface area contributed by atoms with Crippen molar-refractivity contribution >= 4 is 5.69 Å². The summed E-state index contributed by atoms with van der Waals surface area (Å²) in [5, 5.41) is 12.2. The summed E-state index contributed by atoms with van der Waals surface area (Å²) in [5.41, 5.74) is 1.59. The Labute approximate surface area is 95.9 Å². The van der Waals surface area contributed by atoms with Crippen molar-refractivity contribution in [2.24, 2.45) is 0 Å². The van der Waals surface area contributed by atoms with Gasteiger partial charge in [-0.1, -0.05) is 0 Å². The third kappa shape index (κ3) is 2.15.